The molecule has 0 bridgehead atoms. The molecule has 1 saturated heterocycles. The zero-order valence-electron chi connectivity index (χ0n) is 21.2. The fraction of sp³-hybridized carbons (Fsp3) is 0.429. The maximum Gasteiger partial charge on any atom is 0.310 e. The van der Waals surface area contributed by atoms with Gasteiger partial charge in [-0.3, -0.25) is 14.5 Å². The van der Waals surface area contributed by atoms with E-state index in [1.807, 2.05) is 24.6 Å². The van der Waals surface area contributed by atoms with E-state index in [4.69, 9.17) is 16.3 Å². The van der Waals surface area contributed by atoms with Crippen molar-refractivity contribution in [1.29, 1.82) is 0 Å². The van der Waals surface area contributed by atoms with Gasteiger partial charge in [-0.15, -0.1) is 0 Å². The molecule has 8 nitrogen and oxygen atoms in total. The fourth-order valence-corrected chi connectivity index (χ4v) is 5.19. The van der Waals surface area contributed by atoms with Gasteiger partial charge in [0.1, 0.15) is 5.69 Å². The number of carbonyl (C=O) groups excluding carboxylic acids is 1. The van der Waals surface area contributed by atoms with E-state index >= 15 is 0 Å². The molecule has 0 spiro atoms. The number of rotatable bonds is 10. The lowest BCUT2D eigenvalue weighted by molar-refractivity contribution is -0.138. The second-order valence-corrected chi connectivity index (χ2v) is 9.88. The molecule has 198 valence electrons. The van der Waals surface area contributed by atoms with Crippen LogP contribution in [0.1, 0.15) is 52.5 Å². The molecule has 2 aromatic carbocycles. The van der Waals surface area contributed by atoms with E-state index in [1.54, 1.807) is 30.3 Å². The second kappa shape index (κ2) is 12.1. The van der Waals surface area contributed by atoms with Crippen LogP contribution in [0, 0.1) is 0 Å². The summed E-state index contributed by atoms with van der Waals surface area (Å²) in [4.78, 5) is 27.1. The number of benzene rings is 2. The summed E-state index contributed by atoms with van der Waals surface area (Å²) in [5.41, 5.74) is 3.81. The van der Waals surface area contributed by atoms with Crippen LogP contribution in [-0.2, 0) is 23.0 Å². The van der Waals surface area contributed by atoms with Crippen LogP contribution in [0.2, 0.25) is 5.02 Å². The molecule has 3 N–H and O–H groups in total. The highest BCUT2D eigenvalue weighted by molar-refractivity contribution is 6.35. The molecule has 1 fully saturated rings. The van der Waals surface area contributed by atoms with Crippen LogP contribution in [0.15, 0.2) is 42.5 Å². The van der Waals surface area contributed by atoms with Crippen molar-refractivity contribution in [3.63, 3.8) is 0 Å². The molecule has 0 radical (unpaired) electrons. The molecule has 2 heterocycles. The normalized spacial score (nSPS) is 16.0. The molecule has 1 aromatic heterocycles. The number of carboxylic acids is 1. The van der Waals surface area contributed by atoms with Crippen molar-refractivity contribution >= 4 is 34.4 Å². The highest BCUT2D eigenvalue weighted by Crippen LogP contribution is 2.29. The number of nitrogens with one attached hydrogen (secondary N) is 1. The molecular weight excluding hydrogens is 494 g/mol. The number of aliphatic carboxylic acids is 1. The number of carboxylic acid groups (broad SMARTS) is 1. The molecule has 4 rings (SSSR count). The lowest BCUT2D eigenvalue weighted by Gasteiger charge is -2.26. The third-order valence-corrected chi connectivity index (χ3v) is 7.47. The Kier molecular flexibility index (Phi) is 8.87. The van der Waals surface area contributed by atoms with Gasteiger partial charge in [-0.25, -0.2) is 0 Å². The number of amides is 1. The summed E-state index contributed by atoms with van der Waals surface area (Å²) in [5, 5.41) is 23.7. The highest BCUT2D eigenvalue weighted by atomic mass is 35.5. The minimum absolute atomic E-state index is 0.294. The number of fused-ring (bicyclic) bond motifs is 1. The van der Waals surface area contributed by atoms with Crippen molar-refractivity contribution in [2.24, 2.45) is 7.05 Å². The number of morpholine rings is 1. The summed E-state index contributed by atoms with van der Waals surface area (Å²) in [6.07, 6.45) is 1.33. The first-order chi connectivity index (χ1) is 17.8. The first-order valence-electron chi connectivity index (χ1n) is 12.6. The Balaban J connectivity index is 1.50. The van der Waals surface area contributed by atoms with Crippen molar-refractivity contribution in [3.05, 3.63) is 69.9 Å². The number of aliphatic hydroxyl groups is 1. The summed E-state index contributed by atoms with van der Waals surface area (Å²) < 4.78 is 7.24. The van der Waals surface area contributed by atoms with Gasteiger partial charge in [0, 0.05) is 32.1 Å². The molecule has 0 saturated carbocycles. The Hall–Kier alpha value is -2.91. The van der Waals surface area contributed by atoms with E-state index in [9.17, 15) is 19.8 Å². The summed E-state index contributed by atoms with van der Waals surface area (Å²) in [6, 6.07) is 12.2. The molecule has 1 unspecified atom stereocenters. The van der Waals surface area contributed by atoms with Crippen molar-refractivity contribution < 1.29 is 24.5 Å². The zero-order chi connectivity index (χ0) is 26.5. The van der Waals surface area contributed by atoms with Gasteiger partial charge in [0.05, 0.1) is 42.3 Å². The van der Waals surface area contributed by atoms with Crippen molar-refractivity contribution in [1.82, 2.24) is 14.8 Å². The summed E-state index contributed by atoms with van der Waals surface area (Å²) in [7, 11) is 1.83. The number of carbonyl (C=O) groups is 2. The van der Waals surface area contributed by atoms with Gasteiger partial charge in [0.15, 0.2) is 0 Å². The van der Waals surface area contributed by atoms with Crippen molar-refractivity contribution in [2.75, 3.05) is 39.5 Å². The van der Waals surface area contributed by atoms with Crippen molar-refractivity contribution in [2.45, 2.75) is 31.7 Å². The average Bonchev–Trinajstić information content (AvgIpc) is 3.24. The van der Waals surface area contributed by atoms with Crippen LogP contribution in [0.4, 0.5) is 0 Å². The predicted octanol–water partition coefficient (Wildman–Crippen LogP) is 3.75. The summed E-state index contributed by atoms with van der Waals surface area (Å²) in [5.74, 6) is -1.79. The van der Waals surface area contributed by atoms with E-state index in [1.165, 1.54) is 0 Å². The molecule has 9 heteroatoms. The molecule has 37 heavy (non-hydrogen) atoms. The Morgan fingerprint density at radius 1 is 1.11 bits per heavy atom. The molecule has 1 aliphatic heterocycles. The molecule has 2 atom stereocenters. The Morgan fingerprint density at radius 2 is 1.78 bits per heavy atom. The summed E-state index contributed by atoms with van der Waals surface area (Å²) >= 11 is 6.62. The van der Waals surface area contributed by atoms with Crippen molar-refractivity contribution in [3.8, 4) is 0 Å². The Morgan fingerprint density at radius 3 is 2.41 bits per heavy atom. The minimum Gasteiger partial charge on any atom is -0.481 e. The number of hydrogen-bond donors (Lipinski definition) is 3. The maximum absolute atomic E-state index is 13.2. The first-order valence-corrected chi connectivity index (χ1v) is 13.0. The number of aryl methyl sites for hydroxylation is 1. The lowest BCUT2D eigenvalue weighted by Crippen LogP contribution is -2.37. The average molecular weight is 528 g/mol. The number of hydrogen-bond acceptors (Lipinski definition) is 5. The standard InChI is InChI=1S/C28H34ClN3O5/c1-3-21(28(35)36)19-4-6-20(7-5-19)24(17-33)30-27(34)26-16-22-23(29)14-18(15-25(22)31(26)2)8-9-32-10-12-37-13-11-32/h4-7,14-16,21,24,33H,3,8-13,17H2,1-2H3,(H,30,34)(H,35,36)/t21?,24-/m1/s1. The molecule has 0 aliphatic carbocycles. The largest absolute Gasteiger partial charge is 0.481 e. The van der Waals surface area contributed by atoms with Crippen LogP contribution < -0.4 is 5.32 Å². The maximum atomic E-state index is 13.2. The number of halogens is 1. The van der Waals surface area contributed by atoms with Gasteiger partial charge < -0.3 is 24.8 Å². The Bertz CT molecular complexity index is 1250. The molecule has 1 aliphatic rings. The number of ether oxygens (including phenoxy) is 1. The van der Waals surface area contributed by atoms with E-state index in [0.717, 1.165) is 55.7 Å². The van der Waals surface area contributed by atoms with Crippen LogP contribution in [0.25, 0.3) is 10.9 Å². The molecule has 1 amide bonds. The van der Waals surface area contributed by atoms with Crippen LogP contribution >= 0.6 is 11.6 Å². The second-order valence-electron chi connectivity index (χ2n) is 9.48. The van der Waals surface area contributed by atoms with Gasteiger partial charge in [-0.2, -0.15) is 0 Å². The summed E-state index contributed by atoms with van der Waals surface area (Å²) in [6.45, 7) is 5.83. The first kappa shape index (κ1) is 27.1. The zero-order valence-corrected chi connectivity index (χ0v) is 22.0. The topological polar surface area (TPSA) is 104 Å². The third-order valence-electron chi connectivity index (χ3n) is 7.16. The lowest BCUT2D eigenvalue weighted by atomic mass is 9.94. The number of aromatic nitrogens is 1. The SMILES string of the molecule is CCC(C(=O)O)c1ccc([C@@H](CO)NC(=O)c2cc3c(Cl)cc(CCN4CCOCC4)cc3n2C)cc1. The smallest absolute Gasteiger partial charge is 0.310 e. The molecular formula is C28H34ClN3O5. The van der Waals surface area contributed by atoms with Gasteiger partial charge in [0.25, 0.3) is 5.91 Å². The van der Waals surface area contributed by atoms with E-state index < -0.39 is 17.9 Å². The molecule has 3 aromatic rings. The van der Waals surface area contributed by atoms with Crippen LogP contribution in [0.5, 0.6) is 0 Å². The highest BCUT2D eigenvalue weighted by Gasteiger charge is 2.22. The van der Waals surface area contributed by atoms with Gasteiger partial charge in [0.2, 0.25) is 0 Å². The van der Waals surface area contributed by atoms with E-state index in [-0.39, 0.29) is 12.5 Å². The minimum atomic E-state index is -0.874. The van der Waals surface area contributed by atoms with Gasteiger partial charge >= 0.3 is 5.97 Å². The number of aliphatic hydroxyl groups excluding tert-OH is 1. The predicted molar refractivity (Wildman–Crippen MR) is 143 cm³/mol. The van der Waals surface area contributed by atoms with E-state index in [2.05, 4.69) is 16.3 Å². The monoisotopic (exact) mass is 527 g/mol. The van der Waals surface area contributed by atoms with Crippen LogP contribution in [0.3, 0.4) is 0 Å². The Labute approximate surface area is 221 Å². The van der Waals surface area contributed by atoms with E-state index in [0.29, 0.717) is 28.3 Å². The van der Waals surface area contributed by atoms with Gasteiger partial charge in [-0.1, -0.05) is 42.8 Å². The fourth-order valence-electron chi connectivity index (χ4n) is 4.90. The van der Waals surface area contributed by atoms with Gasteiger partial charge in [-0.05, 0) is 47.7 Å². The number of nitrogens with zero attached hydrogens (tertiary/aromatic N) is 2. The van der Waals surface area contributed by atoms with Crippen LogP contribution in [-0.4, -0.2) is 71.0 Å². The third kappa shape index (κ3) is 6.15. The quantitative estimate of drug-likeness (QED) is 0.371.